The van der Waals surface area contributed by atoms with Crippen LogP contribution in [0.25, 0.3) is 0 Å². The Kier molecular flexibility index (Phi) is 3.09. The van der Waals surface area contributed by atoms with E-state index in [1.165, 1.54) is 5.56 Å². The average Bonchev–Trinajstić information content (AvgIpc) is 2.06. The second-order valence-corrected chi connectivity index (χ2v) is 2.95. The largest absolute Gasteiger partial charge is 0.251 e. The first-order valence-electron chi connectivity index (χ1n) is 3.93. The molecule has 0 N–H and O–H groups in total. The lowest BCUT2D eigenvalue weighted by Gasteiger charge is -2.05. The van der Waals surface area contributed by atoms with Gasteiger partial charge in [-0.3, -0.25) is 4.39 Å². The molecule has 11 heavy (non-hydrogen) atoms. The van der Waals surface area contributed by atoms with E-state index in [0.717, 1.165) is 6.42 Å². The fourth-order valence-electron chi connectivity index (χ4n) is 1.07. The van der Waals surface area contributed by atoms with Crippen LogP contribution in [0, 0.1) is 5.92 Å². The van der Waals surface area contributed by atoms with E-state index in [0.29, 0.717) is 0 Å². The summed E-state index contributed by atoms with van der Waals surface area (Å²) in [6.45, 7) is 1.70. The molecule has 0 aliphatic rings. The third-order valence-electron chi connectivity index (χ3n) is 1.69. The van der Waals surface area contributed by atoms with Crippen LogP contribution >= 0.6 is 0 Å². The zero-order chi connectivity index (χ0) is 8.10. The molecule has 0 spiro atoms. The van der Waals surface area contributed by atoms with Crippen molar-refractivity contribution < 1.29 is 4.39 Å². The normalized spacial score (nSPS) is 12.9. The fourth-order valence-corrected chi connectivity index (χ4v) is 1.07. The van der Waals surface area contributed by atoms with Crippen molar-refractivity contribution in [1.29, 1.82) is 0 Å². The Balaban J connectivity index is 2.51. The number of hydrogen-bond acceptors (Lipinski definition) is 0. The highest BCUT2D eigenvalue weighted by Crippen LogP contribution is 2.07. The molecule has 0 bridgehead atoms. The van der Waals surface area contributed by atoms with Crippen molar-refractivity contribution >= 4 is 0 Å². The van der Waals surface area contributed by atoms with Crippen LogP contribution in [0.3, 0.4) is 0 Å². The highest BCUT2D eigenvalue weighted by molar-refractivity contribution is 5.14. The van der Waals surface area contributed by atoms with E-state index in [-0.39, 0.29) is 12.6 Å². The van der Waals surface area contributed by atoms with E-state index in [1.54, 1.807) is 0 Å². The first-order valence-corrected chi connectivity index (χ1v) is 3.93. The van der Waals surface area contributed by atoms with E-state index in [9.17, 15) is 4.39 Å². The van der Waals surface area contributed by atoms with Crippen molar-refractivity contribution in [3.63, 3.8) is 0 Å². The summed E-state index contributed by atoms with van der Waals surface area (Å²) in [5, 5.41) is 0. The Morgan fingerprint density at radius 3 is 2.45 bits per heavy atom. The van der Waals surface area contributed by atoms with Crippen LogP contribution in [0.5, 0.6) is 0 Å². The van der Waals surface area contributed by atoms with Crippen LogP contribution in [0.1, 0.15) is 12.5 Å². The molecule has 0 amide bonds. The molecule has 1 unspecified atom stereocenters. The summed E-state index contributed by atoms with van der Waals surface area (Å²) < 4.78 is 12.1. The lowest BCUT2D eigenvalue weighted by atomic mass is 10.0. The molecule has 0 saturated carbocycles. The van der Waals surface area contributed by atoms with Crippen molar-refractivity contribution in [2.24, 2.45) is 5.92 Å². The van der Waals surface area contributed by atoms with Gasteiger partial charge in [0.1, 0.15) is 0 Å². The molecule has 0 heterocycles. The van der Waals surface area contributed by atoms with Gasteiger partial charge in [-0.25, -0.2) is 0 Å². The first-order chi connectivity index (χ1) is 5.33. The van der Waals surface area contributed by atoms with E-state index in [2.05, 4.69) is 0 Å². The standard InChI is InChI=1S/C10H13F/c1-9(8-11)7-10-5-3-2-4-6-10/h2-6,9H,7-8H2,1H3. The lowest BCUT2D eigenvalue weighted by Crippen LogP contribution is -2.00. The van der Waals surface area contributed by atoms with Crippen molar-refractivity contribution in [2.45, 2.75) is 13.3 Å². The van der Waals surface area contributed by atoms with Crippen LogP contribution in [-0.2, 0) is 6.42 Å². The van der Waals surface area contributed by atoms with E-state index in [1.807, 2.05) is 37.3 Å². The predicted octanol–water partition coefficient (Wildman–Crippen LogP) is 2.83. The molecule has 1 rings (SSSR count). The summed E-state index contributed by atoms with van der Waals surface area (Å²) in [5.74, 6) is 0.150. The van der Waals surface area contributed by atoms with Gasteiger partial charge in [0, 0.05) is 0 Å². The van der Waals surface area contributed by atoms with Crippen LogP contribution in [-0.4, -0.2) is 6.67 Å². The van der Waals surface area contributed by atoms with Gasteiger partial charge in [0.05, 0.1) is 6.67 Å². The average molecular weight is 152 g/mol. The van der Waals surface area contributed by atoms with Crippen molar-refractivity contribution in [1.82, 2.24) is 0 Å². The summed E-state index contributed by atoms with van der Waals surface area (Å²) in [7, 11) is 0. The molecule has 1 aromatic rings. The monoisotopic (exact) mass is 152 g/mol. The van der Waals surface area contributed by atoms with Gasteiger partial charge >= 0.3 is 0 Å². The number of halogens is 1. The Hall–Kier alpha value is -0.850. The SMILES string of the molecule is CC(CF)Cc1ccccc1. The van der Waals surface area contributed by atoms with Crippen LogP contribution < -0.4 is 0 Å². The molecule has 0 nitrogen and oxygen atoms in total. The van der Waals surface area contributed by atoms with E-state index >= 15 is 0 Å². The number of alkyl halides is 1. The zero-order valence-electron chi connectivity index (χ0n) is 6.76. The number of benzene rings is 1. The summed E-state index contributed by atoms with van der Waals surface area (Å²) in [6, 6.07) is 10.0. The second kappa shape index (κ2) is 4.12. The first kappa shape index (κ1) is 8.25. The van der Waals surface area contributed by atoms with Crippen molar-refractivity contribution in [3.8, 4) is 0 Å². The minimum atomic E-state index is -0.227. The second-order valence-electron chi connectivity index (χ2n) is 2.95. The minimum absolute atomic E-state index is 0.150. The highest BCUT2D eigenvalue weighted by Gasteiger charge is 2.00. The Labute approximate surface area is 67.1 Å². The molecule has 1 atom stereocenters. The third-order valence-corrected chi connectivity index (χ3v) is 1.69. The molecule has 0 radical (unpaired) electrons. The van der Waals surface area contributed by atoms with Crippen LogP contribution in [0.15, 0.2) is 30.3 Å². The molecule has 1 aromatic carbocycles. The summed E-state index contributed by atoms with van der Waals surface area (Å²) in [6.07, 6.45) is 0.845. The zero-order valence-corrected chi connectivity index (χ0v) is 6.76. The Morgan fingerprint density at radius 1 is 1.27 bits per heavy atom. The maximum absolute atomic E-state index is 12.1. The topological polar surface area (TPSA) is 0 Å². The van der Waals surface area contributed by atoms with E-state index in [4.69, 9.17) is 0 Å². The van der Waals surface area contributed by atoms with Gasteiger partial charge in [-0.15, -0.1) is 0 Å². The van der Waals surface area contributed by atoms with Gasteiger partial charge in [0.2, 0.25) is 0 Å². The molecule has 0 fully saturated rings. The molecule has 0 aromatic heterocycles. The fraction of sp³-hybridized carbons (Fsp3) is 0.400. The maximum atomic E-state index is 12.1. The smallest absolute Gasteiger partial charge is 0.0923 e. The quantitative estimate of drug-likeness (QED) is 0.624. The highest BCUT2D eigenvalue weighted by atomic mass is 19.1. The molecule has 1 heteroatoms. The predicted molar refractivity (Wildman–Crippen MR) is 45.3 cm³/mol. The van der Waals surface area contributed by atoms with Crippen molar-refractivity contribution in [3.05, 3.63) is 35.9 Å². The van der Waals surface area contributed by atoms with Gasteiger partial charge in [-0.2, -0.15) is 0 Å². The van der Waals surface area contributed by atoms with Crippen molar-refractivity contribution in [2.75, 3.05) is 6.67 Å². The molecular weight excluding hydrogens is 139 g/mol. The summed E-state index contributed by atoms with van der Waals surface area (Å²) in [4.78, 5) is 0. The molecule has 0 aliphatic carbocycles. The molecule has 60 valence electrons. The maximum Gasteiger partial charge on any atom is 0.0923 e. The van der Waals surface area contributed by atoms with E-state index < -0.39 is 0 Å². The Morgan fingerprint density at radius 2 is 1.91 bits per heavy atom. The van der Waals surface area contributed by atoms with Gasteiger partial charge < -0.3 is 0 Å². The summed E-state index contributed by atoms with van der Waals surface area (Å²) in [5.41, 5.74) is 1.22. The van der Waals surface area contributed by atoms with Gasteiger partial charge in [-0.05, 0) is 17.9 Å². The van der Waals surface area contributed by atoms with Gasteiger partial charge in [0.25, 0.3) is 0 Å². The molecular formula is C10H13F. The lowest BCUT2D eigenvalue weighted by molar-refractivity contribution is 0.381. The third kappa shape index (κ3) is 2.71. The molecule has 0 saturated heterocycles. The molecule has 0 aliphatic heterocycles. The summed E-state index contributed by atoms with van der Waals surface area (Å²) >= 11 is 0. The van der Waals surface area contributed by atoms with Crippen LogP contribution in [0.4, 0.5) is 4.39 Å². The van der Waals surface area contributed by atoms with Crippen LogP contribution in [0.2, 0.25) is 0 Å². The number of rotatable bonds is 3. The Bertz CT molecular complexity index is 193. The number of hydrogen-bond donors (Lipinski definition) is 0. The van der Waals surface area contributed by atoms with Gasteiger partial charge in [0.15, 0.2) is 0 Å². The minimum Gasteiger partial charge on any atom is -0.251 e. The van der Waals surface area contributed by atoms with Gasteiger partial charge in [-0.1, -0.05) is 37.3 Å².